The molecule has 0 bridgehead atoms. The number of hydrogen-bond acceptors (Lipinski definition) is 5. The molecule has 1 saturated heterocycles. The highest BCUT2D eigenvalue weighted by atomic mass is 32.2. The van der Waals surface area contributed by atoms with E-state index in [1.165, 1.54) is 23.5 Å². The van der Waals surface area contributed by atoms with Crippen LogP contribution in [0.2, 0.25) is 0 Å². The van der Waals surface area contributed by atoms with Crippen LogP contribution in [0.1, 0.15) is 23.4 Å². The minimum Gasteiger partial charge on any atom is -0.384 e. The van der Waals surface area contributed by atoms with Crippen molar-refractivity contribution in [2.45, 2.75) is 23.9 Å². The molecule has 36 heavy (non-hydrogen) atoms. The Morgan fingerprint density at radius 3 is 2.50 bits per heavy atom. The predicted octanol–water partition coefficient (Wildman–Crippen LogP) is 4.09. The van der Waals surface area contributed by atoms with E-state index in [-0.39, 0.29) is 30.4 Å². The van der Waals surface area contributed by atoms with Gasteiger partial charge in [-0.15, -0.1) is 0 Å². The van der Waals surface area contributed by atoms with Gasteiger partial charge in [0.2, 0.25) is 10.0 Å². The number of alkyl halides is 3. The van der Waals surface area contributed by atoms with Crippen LogP contribution in [0.15, 0.2) is 59.3 Å². The summed E-state index contributed by atoms with van der Waals surface area (Å²) < 4.78 is 87.2. The second kappa shape index (κ2) is 8.79. The van der Waals surface area contributed by atoms with Gasteiger partial charge in [0.1, 0.15) is 16.4 Å². The summed E-state index contributed by atoms with van der Waals surface area (Å²) in [5.41, 5.74) is 1.60. The Labute approximate surface area is 205 Å². The van der Waals surface area contributed by atoms with E-state index in [1.54, 1.807) is 23.0 Å². The van der Waals surface area contributed by atoms with E-state index in [0.29, 0.717) is 24.6 Å². The van der Waals surface area contributed by atoms with E-state index in [4.69, 9.17) is 4.74 Å². The van der Waals surface area contributed by atoms with E-state index in [0.717, 1.165) is 29.1 Å². The molecule has 7 nitrogen and oxygen atoms in total. The van der Waals surface area contributed by atoms with Crippen LogP contribution < -0.4 is 0 Å². The molecule has 2 aliphatic rings. The zero-order chi connectivity index (χ0) is 25.7. The molecule has 3 heterocycles. The van der Waals surface area contributed by atoms with Crippen LogP contribution in [-0.2, 0) is 27.4 Å². The van der Waals surface area contributed by atoms with Gasteiger partial charge in [0.25, 0.3) is 0 Å². The fraction of sp³-hybridized carbons (Fsp3) is 0.333. The van der Waals surface area contributed by atoms with Crippen molar-refractivity contribution in [1.82, 2.24) is 19.1 Å². The third-order valence-electron chi connectivity index (χ3n) is 6.67. The summed E-state index contributed by atoms with van der Waals surface area (Å²) in [6.45, 7) is 0.495. The van der Waals surface area contributed by atoms with Gasteiger partial charge >= 0.3 is 6.18 Å². The van der Waals surface area contributed by atoms with Crippen LogP contribution in [-0.4, -0.2) is 54.3 Å². The molecule has 0 amide bonds. The monoisotopic (exact) mass is 522 g/mol. The Morgan fingerprint density at radius 1 is 1.11 bits per heavy atom. The third kappa shape index (κ3) is 4.22. The van der Waals surface area contributed by atoms with Gasteiger partial charge in [-0.1, -0.05) is 5.57 Å². The molecule has 1 aliphatic heterocycles. The van der Waals surface area contributed by atoms with Crippen molar-refractivity contribution in [2.24, 2.45) is 5.41 Å². The van der Waals surface area contributed by atoms with E-state index in [2.05, 4.69) is 10.1 Å². The average molecular weight is 523 g/mol. The van der Waals surface area contributed by atoms with E-state index >= 15 is 0 Å². The van der Waals surface area contributed by atoms with Gasteiger partial charge in [0, 0.05) is 31.8 Å². The minimum absolute atomic E-state index is 0.0944. The number of piperidine rings is 1. The van der Waals surface area contributed by atoms with Crippen molar-refractivity contribution in [3.05, 3.63) is 77.1 Å². The number of benzene rings is 1. The number of methoxy groups -OCH3 is 1. The molecule has 1 aliphatic carbocycles. The molecule has 2 aromatic heterocycles. The Hall–Kier alpha value is -3.09. The van der Waals surface area contributed by atoms with Crippen molar-refractivity contribution >= 4 is 16.1 Å². The topological polar surface area (TPSA) is 77.3 Å². The molecule has 1 unspecified atom stereocenters. The van der Waals surface area contributed by atoms with Crippen LogP contribution in [0.5, 0.6) is 0 Å². The van der Waals surface area contributed by atoms with Gasteiger partial charge in [-0.2, -0.15) is 22.6 Å². The second-order valence-corrected chi connectivity index (χ2v) is 10.9. The smallest absolute Gasteiger partial charge is 0.384 e. The molecular weight excluding hydrogens is 500 g/mol. The zero-order valence-corrected chi connectivity index (χ0v) is 20.0. The molecule has 12 heteroatoms. The number of rotatable bonds is 5. The summed E-state index contributed by atoms with van der Waals surface area (Å²) in [6, 6.07) is 7.58. The quantitative estimate of drug-likeness (QED) is 0.472. The molecule has 5 rings (SSSR count). The van der Waals surface area contributed by atoms with Crippen molar-refractivity contribution in [3.8, 4) is 5.69 Å². The number of ether oxygens (including phenoxy) is 1. The number of pyridine rings is 1. The lowest BCUT2D eigenvalue weighted by atomic mass is 9.69. The van der Waals surface area contributed by atoms with Crippen molar-refractivity contribution in [1.29, 1.82) is 0 Å². The lowest BCUT2D eigenvalue weighted by molar-refractivity contribution is -0.141. The molecule has 190 valence electrons. The molecule has 3 aromatic rings. The van der Waals surface area contributed by atoms with Gasteiger partial charge in [0.05, 0.1) is 24.2 Å². The zero-order valence-electron chi connectivity index (χ0n) is 19.2. The lowest BCUT2D eigenvalue weighted by Gasteiger charge is -2.45. The molecule has 1 fully saturated rings. The normalized spacial score (nSPS) is 20.5. The first-order chi connectivity index (χ1) is 17.0. The lowest BCUT2D eigenvalue weighted by Crippen LogP contribution is -2.51. The highest BCUT2D eigenvalue weighted by Gasteiger charge is 2.46. The second-order valence-electron chi connectivity index (χ2n) is 8.97. The molecular formula is C24H22F4N4O3S. The maximum absolute atomic E-state index is 13.4. The summed E-state index contributed by atoms with van der Waals surface area (Å²) in [7, 11) is -2.55. The maximum atomic E-state index is 13.4. The highest BCUT2D eigenvalue weighted by Crippen LogP contribution is 2.45. The van der Waals surface area contributed by atoms with Gasteiger partial charge in [-0.25, -0.2) is 17.5 Å². The van der Waals surface area contributed by atoms with Crippen molar-refractivity contribution in [2.75, 3.05) is 26.8 Å². The molecule has 0 radical (unpaired) electrons. The summed E-state index contributed by atoms with van der Waals surface area (Å²) in [5.74, 6) is -0.353. The number of fused-ring (bicyclic) bond motifs is 2. The third-order valence-corrected chi connectivity index (χ3v) is 8.50. The van der Waals surface area contributed by atoms with Crippen molar-refractivity contribution in [3.63, 3.8) is 0 Å². The highest BCUT2D eigenvalue weighted by molar-refractivity contribution is 7.89. The molecule has 1 atom stereocenters. The average Bonchev–Trinajstić information content (AvgIpc) is 3.24. The molecule has 1 aromatic carbocycles. The summed E-state index contributed by atoms with van der Waals surface area (Å²) in [6.07, 6.45) is 0.644. The van der Waals surface area contributed by atoms with Gasteiger partial charge < -0.3 is 4.74 Å². The van der Waals surface area contributed by atoms with E-state index in [1.807, 2.05) is 6.08 Å². The van der Waals surface area contributed by atoms with Crippen LogP contribution in [0.3, 0.4) is 0 Å². The van der Waals surface area contributed by atoms with Crippen LogP contribution in [0.25, 0.3) is 11.8 Å². The van der Waals surface area contributed by atoms with E-state index in [9.17, 15) is 26.0 Å². The molecule has 0 saturated carbocycles. The van der Waals surface area contributed by atoms with Crippen LogP contribution >= 0.6 is 0 Å². The molecule has 0 N–H and O–H groups in total. The minimum atomic E-state index is -4.66. The van der Waals surface area contributed by atoms with Gasteiger partial charge in [-0.05, 0) is 60.9 Å². The number of nitrogens with zero attached hydrogens (tertiary/aromatic N) is 4. The largest absolute Gasteiger partial charge is 0.433 e. The summed E-state index contributed by atoms with van der Waals surface area (Å²) in [5, 5.41) is 4.47. The first-order valence-electron chi connectivity index (χ1n) is 11.1. The van der Waals surface area contributed by atoms with Crippen molar-refractivity contribution < 1.29 is 30.7 Å². The molecule has 0 spiro atoms. The maximum Gasteiger partial charge on any atom is 0.433 e. The SMILES string of the molecule is COCC12Cc3cnn(-c4ccc(F)cc4)c3C=C1CCN(S(=O)(=O)c1ccc(C(F)(F)F)nc1)C2. The number of sulfonamides is 1. The Kier molecular flexibility index (Phi) is 6.00. The van der Waals surface area contributed by atoms with Gasteiger partial charge in [0.15, 0.2) is 0 Å². The Bertz CT molecular complexity index is 1420. The number of halogens is 4. The number of hydrogen-bond donors (Lipinski definition) is 0. The van der Waals surface area contributed by atoms with Crippen LogP contribution in [0, 0.1) is 11.2 Å². The fourth-order valence-electron chi connectivity index (χ4n) is 4.94. The number of aromatic nitrogens is 3. The van der Waals surface area contributed by atoms with E-state index < -0.39 is 27.3 Å². The first kappa shape index (κ1) is 24.6. The Morgan fingerprint density at radius 2 is 1.86 bits per heavy atom. The summed E-state index contributed by atoms with van der Waals surface area (Å²) >= 11 is 0. The summed E-state index contributed by atoms with van der Waals surface area (Å²) in [4.78, 5) is 3.02. The predicted molar refractivity (Wildman–Crippen MR) is 122 cm³/mol. The van der Waals surface area contributed by atoms with Crippen LogP contribution in [0.4, 0.5) is 17.6 Å². The Balaban J connectivity index is 1.47. The van der Waals surface area contributed by atoms with Gasteiger partial charge in [-0.3, -0.25) is 4.98 Å². The first-order valence-corrected chi connectivity index (χ1v) is 12.5. The fourth-order valence-corrected chi connectivity index (χ4v) is 6.42. The standard InChI is InChI=1S/C24H22F4N4O3S/c1-35-15-23-11-16-12-30-32(19-4-2-18(25)3-5-19)21(16)10-17(23)8-9-31(14-23)36(33,34)20-6-7-22(29-13-20)24(26,27)28/h2-7,10,12-13H,8-9,11,14-15H2,1H3.